The van der Waals surface area contributed by atoms with Crippen LogP contribution >= 0.6 is 0 Å². The monoisotopic (exact) mass is 178 g/mol. The molecule has 74 valence electrons. The van der Waals surface area contributed by atoms with Crippen LogP contribution < -0.4 is 0 Å². The Morgan fingerprint density at radius 2 is 1.92 bits per heavy atom. The third-order valence-electron chi connectivity index (χ3n) is 1.21. The van der Waals surface area contributed by atoms with Crippen LogP contribution in [0.2, 0.25) is 0 Å². The SMILES string of the molecule is CC(O)COCC(C)OCCO. The summed E-state index contributed by atoms with van der Waals surface area (Å²) in [6, 6.07) is 0. The molecule has 0 radical (unpaired) electrons. The summed E-state index contributed by atoms with van der Waals surface area (Å²) in [6.45, 7) is 4.66. The molecule has 2 atom stereocenters. The number of hydrogen-bond donors (Lipinski definition) is 2. The molecule has 2 N–H and O–H groups in total. The van der Waals surface area contributed by atoms with Crippen LogP contribution in [0.1, 0.15) is 13.8 Å². The molecule has 0 aromatic carbocycles. The van der Waals surface area contributed by atoms with Gasteiger partial charge < -0.3 is 19.7 Å². The average molecular weight is 178 g/mol. The van der Waals surface area contributed by atoms with Crippen molar-refractivity contribution < 1.29 is 19.7 Å². The molecule has 0 aliphatic heterocycles. The molecule has 2 unspecified atom stereocenters. The summed E-state index contributed by atoms with van der Waals surface area (Å²) < 4.78 is 10.2. The van der Waals surface area contributed by atoms with E-state index in [1.165, 1.54) is 0 Å². The summed E-state index contributed by atoms with van der Waals surface area (Å²) in [7, 11) is 0. The van der Waals surface area contributed by atoms with Crippen molar-refractivity contribution in [1.29, 1.82) is 0 Å². The van der Waals surface area contributed by atoms with E-state index in [4.69, 9.17) is 19.7 Å². The topological polar surface area (TPSA) is 58.9 Å². The zero-order valence-corrected chi connectivity index (χ0v) is 7.69. The maximum atomic E-state index is 8.84. The van der Waals surface area contributed by atoms with E-state index in [0.29, 0.717) is 19.8 Å². The smallest absolute Gasteiger partial charge is 0.0781 e. The van der Waals surface area contributed by atoms with Crippen LogP contribution in [-0.4, -0.2) is 48.8 Å². The van der Waals surface area contributed by atoms with Gasteiger partial charge in [-0.25, -0.2) is 0 Å². The molecule has 0 saturated carbocycles. The van der Waals surface area contributed by atoms with Gasteiger partial charge in [0.05, 0.1) is 38.6 Å². The van der Waals surface area contributed by atoms with E-state index in [0.717, 1.165) is 0 Å². The molecule has 0 amide bonds. The third-order valence-corrected chi connectivity index (χ3v) is 1.21. The predicted octanol–water partition coefficient (Wildman–Crippen LogP) is -0.219. The van der Waals surface area contributed by atoms with E-state index in [9.17, 15) is 0 Å². The van der Waals surface area contributed by atoms with Crippen LogP contribution in [0.25, 0.3) is 0 Å². The molecule has 0 fully saturated rings. The highest BCUT2D eigenvalue weighted by molar-refractivity contribution is 4.48. The lowest BCUT2D eigenvalue weighted by molar-refractivity contribution is -0.0359. The van der Waals surface area contributed by atoms with Crippen molar-refractivity contribution >= 4 is 0 Å². The Hall–Kier alpha value is -0.160. The fourth-order valence-corrected chi connectivity index (χ4v) is 0.707. The number of hydrogen-bond acceptors (Lipinski definition) is 4. The summed E-state index contributed by atoms with van der Waals surface area (Å²) in [5, 5.41) is 17.3. The molecular weight excluding hydrogens is 160 g/mol. The quantitative estimate of drug-likeness (QED) is 0.566. The zero-order chi connectivity index (χ0) is 9.40. The van der Waals surface area contributed by atoms with E-state index in [2.05, 4.69) is 0 Å². The molecule has 4 nitrogen and oxygen atoms in total. The number of aliphatic hydroxyl groups is 2. The zero-order valence-electron chi connectivity index (χ0n) is 7.69. The summed E-state index contributed by atoms with van der Waals surface area (Å²) in [5.41, 5.74) is 0. The summed E-state index contributed by atoms with van der Waals surface area (Å²) in [4.78, 5) is 0. The second-order valence-corrected chi connectivity index (χ2v) is 2.79. The van der Waals surface area contributed by atoms with E-state index in [-0.39, 0.29) is 12.7 Å². The van der Waals surface area contributed by atoms with Crippen LogP contribution in [0, 0.1) is 0 Å². The van der Waals surface area contributed by atoms with Crippen LogP contribution in [0.15, 0.2) is 0 Å². The number of ether oxygens (including phenoxy) is 2. The van der Waals surface area contributed by atoms with Gasteiger partial charge in [0.2, 0.25) is 0 Å². The molecule has 0 aliphatic carbocycles. The first-order valence-corrected chi connectivity index (χ1v) is 4.15. The van der Waals surface area contributed by atoms with E-state index in [1.54, 1.807) is 6.92 Å². The molecule has 0 saturated heterocycles. The number of rotatable bonds is 7. The first-order valence-electron chi connectivity index (χ1n) is 4.15. The fourth-order valence-electron chi connectivity index (χ4n) is 0.707. The van der Waals surface area contributed by atoms with Gasteiger partial charge in [0.25, 0.3) is 0 Å². The molecular formula is C8H18O4. The molecule has 4 heteroatoms. The Balaban J connectivity index is 3.13. The van der Waals surface area contributed by atoms with Crippen molar-refractivity contribution in [2.24, 2.45) is 0 Å². The Labute approximate surface area is 73.1 Å². The second-order valence-electron chi connectivity index (χ2n) is 2.79. The van der Waals surface area contributed by atoms with Gasteiger partial charge in [-0.05, 0) is 13.8 Å². The van der Waals surface area contributed by atoms with Crippen molar-refractivity contribution in [3.8, 4) is 0 Å². The van der Waals surface area contributed by atoms with Crippen LogP contribution in [-0.2, 0) is 9.47 Å². The van der Waals surface area contributed by atoms with E-state index >= 15 is 0 Å². The molecule has 0 heterocycles. The molecule has 0 spiro atoms. The minimum atomic E-state index is -0.435. The lowest BCUT2D eigenvalue weighted by Crippen LogP contribution is -2.21. The first kappa shape index (κ1) is 11.8. The van der Waals surface area contributed by atoms with Gasteiger partial charge in [-0.3, -0.25) is 0 Å². The largest absolute Gasteiger partial charge is 0.394 e. The summed E-state index contributed by atoms with van der Waals surface area (Å²) >= 11 is 0. The molecule has 0 aromatic heterocycles. The Morgan fingerprint density at radius 3 is 2.42 bits per heavy atom. The van der Waals surface area contributed by atoms with Gasteiger partial charge in [-0.2, -0.15) is 0 Å². The minimum absolute atomic E-state index is 0.0285. The van der Waals surface area contributed by atoms with Gasteiger partial charge in [-0.1, -0.05) is 0 Å². The van der Waals surface area contributed by atoms with Crippen LogP contribution in [0.5, 0.6) is 0 Å². The standard InChI is InChI=1S/C8H18O4/c1-7(10)5-11-6-8(2)12-4-3-9/h7-10H,3-6H2,1-2H3. The Bertz CT molecular complexity index is 95.1. The predicted molar refractivity (Wildman–Crippen MR) is 45.0 cm³/mol. The second kappa shape index (κ2) is 7.49. The van der Waals surface area contributed by atoms with Crippen molar-refractivity contribution in [2.75, 3.05) is 26.4 Å². The Morgan fingerprint density at radius 1 is 1.25 bits per heavy atom. The maximum Gasteiger partial charge on any atom is 0.0781 e. The first-order chi connectivity index (χ1) is 5.66. The van der Waals surface area contributed by atoms with Crippen molar-refractivity contribution in [1.82, 2.24) is 0 Å². The van der Waals surface area contributed by atoms with Gasteiger partial charge in [0.1, 0.15) is 0 Å². The van der Waals surface area contributed by atoms with Crippen molar-refractivity contribution in [3.63, 3.8) is 0 Å². The van der Waals surface area contributed by atoms with Gasteiger partial charge >= 0.3 is 0 Å². The summed E-state index contributed by atoms with van der Waals surface area (Å²) in [5.74, 6) is 0. The number of aliphatic hydroxyl groups excluding tert-OH is 2. The van der Waals surface area contributed by atoms with E-state index < -0.39 is 6.10 Å². The fraction of sp³-hybridized carbons (Fsp3) is 1.00. The van der Waals surface area contributed by atoms with Gasteiger partial charge in [-0.15, -0.1) is 0 Å². The molecule has 0 aromatic rings. The lowest BCUT2D eigenvalue weighted by Gasteiger charge is -2.13. The summed E-state index contributed by atoms with van der Waals surface area (Å²) in [6.07, 6.45) is -0.467. The van der Waals surface area contributed by atoms with Crippen molar-refractivity contribution in [3.05, 3.63) is 0 Å². The van der Waals surface area contributed by atoms with Crippen molar-refractivity contribution in [2.45, 2.75) is 26.1 Å². The highest BCUT2D eigenvalue weighted by atomic mass is 16.5. The normalized spacial score (nSPS) is 16.0. The van der Waals surface area contributed by atoms with Gasteiger partial charge in [0.15, 0.2) is 0 Å². The van der Waals surface area contributed by atoms with Crippen LogP contribution in [0.3, 0.4) is 0 Å². The minimum Gasteiger partial charge on any atom is -0.394 e. The highest BCUT2D eigenvalue weighted by Gasteiger charge is 2.02. The molecule has 0 bridgehead atoms. The third kappa shape index (κ3) is 7.94. The molecule has 0 aliphatic rings. The van der Waals surface area contributed by atoms with Gasteiger partial charge in [0, 0.05) is 0 Å². The molecule has 0 rings (SSSR count). The maximum absolute atomic E-state index is 8.84. The van der Waals surface area contributed by atoms with Crippen LogP contribution in [0.4, 0.5) is 0 Å². The lowest BCUT2D eigenvalue weighted by atomic mass is 10.4. The average Bonchev–Trinajstić information content (AvgIpc) is 2.00. The van der Waals surface area contributed by atoms with E-state index in [1.807, 2.05) is 6.92 Å². The molecule has 12 heavy (non-hydrogen) atoms. The highest BCUT2D eigenvalue weighted by Crippen LogP contribution is 1.92. The Kier molecular flexibility index (Phi) is 7.39.